The number of aryl methyl sites for hydroxylation is 1. The van der Waals surface area contributed by atoms with Gasteiger partial charge in [0.05, 0.1) is 28.3 Å². The summed E-state index contributed by atoms with van der Waals surface area (Å²) in [5.74, 6) is 0.170. The SMILES string of the molecule is CCOc1cc([N+](=O)[O-])cc(C=Nc2cc(-c3nc4cc(C)ccc4o3)ccc2Cl)c1O. The molecule has 0 amide bonds. The first-order valence-corrected chi connectivity index (χ1v) is 10.1. The largest absolute Gasteiger partial charge is 0.504 e. The lowest BCUT2D eigenvalue weighted by Crippen LogP contribution is -1.97. The van der Waals surface area contributed by atoms with Gasteiger partial charge in [0, 0.05) is 23.4 Å². The number of hydrogen-bond donors (Lipinski definition) is 1. The van der Waals surface area contributed by atoms with Crippen molar-refractivity contribution in [3.8, 4) is 23.0 Å². The van der Waals surface area contributed by atoms with E-state index >= 15 is 0 Å². The van der Waals surface area contributed by atoms with Crippen molar-refractivity contribution in [1.29, 1.82) is 0 Å². The number of aliphatic imine (C=N–C) groups is 1. The van der Waals surface area contributed by atoms with Gasteiger partial charge in [-0.1, -0.05) is 17.7 Å². The van der Waals surface area contributed by atoms with Crippen molar-refractivity contribution in [3.05, 3.63) is 74.8 Å². The molecule has 0 atom stereocenters. The molecule has 3 aromatic carbocycles. The van der Waals surface area contributed by atoms with E-state index in [1.54, 1.807) is 25.1 Å². The van der Waals surface area contributed by atoms with Gasteiger partial charge in [-0.25, -0.2) is 4.98 Å². The summed E-state index contributed by atoms with van der Waals surface area (Å²) in [6, 6.07) is 13.2. The molecule has 0 aliphatic heterocycles. The van der Waals surface area contributed by atoms with E-state index in [2.05, 4.69) is 9.98 Å². The molecule has 8 nitrogen and oxygen atoms in total. The summed E-state index contributed by atoms with van der Waals surface area (Å²) < 4.78 is 11.1. The van der Waals surface area contributed by atoms with Crippen molar-refractivity contribution >= 4 is 40.3 Å². The molecule has 9 heteroatoms. The summed E-state index contributed by atoms with van der Waals surface area (Å²) in [6.07, 6.45) is 1.30. The van der Waals surface area contributed by atoms with Gasteiger partial charge in [0.15, 0.2) is 17.1 Å². The number of fused-ring (bicyclic) bond motifs is 1. The first kappa shape index (κ1) is 21.3. The molecule has 0 unspecified atom stereocenters. The molecular weight excluding hydrogens is 434 g/mol. The highest BCUT2D eigenvalue weighted by molar-refractivity contribution is 6.33. The van der Waals surface area contributed by atoms with Crippen LogP contribution in [0.25, 0.3) is 22.6 Å². The molecule has 0 radical (unpaired) electrons. The first-order valence-electron chi connectivity index (χ1n) is 9.71. The second-order valence-electron chi connectivity index (χ2n) is 6.99. The fraction of sp³-hybridized carbons (Fsp3) is 0.130. The van der Waals surface area contributed by atoms with Crippen molar-refractivity contribution in [2.75, 3.05) is 6.61 Å². The van der Waals surface area contributed by atoms with Crippen LogP contribution < -0.4 is 4.74 Å². The van der Waals surface area contributed by atoms with E-state index in [4.69, 9.17) is 20.8 Å². The molecule has 1 aromatic heterocycles. The van der Waals surface area contributed by atoms with E-state index in [-0.39, 0.29) is 29.4 Å². The topological polar surface area (TPSA) is 111 Å². The zero-order chi connectivity index (χ0) is 22.8. The van der Waals surface area contributed by atoms with Crippen LogP contribution in [0.1, 0.15) is 18.1 Å². The van der Waals surface area contributed by atoms with Crippen LogP contribution in [-0.4, -0.2) is 27.8 Å². The number of aromatic nitrogens is 1. The van der Waals surface area contributed by atoms with Gasteiger partial charge in [-0.15, -0.1) is 0 Å². The Kier molecular flexibility index (Phi) is 5.79. The van der Waals surface area contributed by atoms with E-state index < -0.39 is 4.92 Å². The minimum absolute atomic E-state index is 0.00441. The Morgan fingerprint density at radius 2 is 2.06 bits per heavy atom. The lowest BCUT2D eigenvalue weighted by Gasteiger charge is -2.08. The molecule has 0 aliphatic rings. The Bertz CT molecular complexity index is 1360. The molecule has 0 aliphatic carbocycles. The lowest BCUT2D eigenvalue weighted by molar-refractivity contribution is -0.385. The van der Waals surface area contributed by atoms with Crippen LogP contribution in [0.3, 0.4) is 0 Å². The Balaban J connectivity index is 1.72. The predicted octanol–water partition coefficient (Wildman–Crippen LogP) is 6.22. The summed E-state index contributed by atoms with van der Waals surface area (Å²) in [6.45, 7) is 3.93. The number of halogens is 1. The van der Waals surface area contributed by atoms with Crippen LogP contribution >= 0.6 is 11.6 Å². The van der Waals surface area contributed by atoms with Gasteiger partial charge in [-0.05, 0) is 49.7 Å². The summed E-state index contributed by atoms with van der Waals surface area (Å²) >= 11 is 6.29. The number of nitro benzene ring substituents is 1. The van der Waals surface area contributed by atoms with Gasteiger partial charge in [-0.3, -0.25) is 15.1 Å². The quantitative estimate of drug-likeness (QED) is 0.211. The fourth-order valence-electron chi connectivity index (χ4n) is 3.13. The third-order valence-electron chi connectivity index (χ3n) is 4.68. The number of oxazole rings is 1. The summed E-state index contributed by atoms with van der Waals surface area (Å²) in [5, 5.41) is 22.0. The van der Waals surface area contributed by atoms with Gasteiger partial charge < -0.3 is 14.3 Å². The maximum atomic E-state index is 11.2. The van der Waals surface area contributed by atoms with E-state index in [1.807, 2.05) is 25.1 Å². The summed E-state index contributed by atoms with van der Waals surface area (Å²) in [5.41, 5.74) is 3.42. The highest BCUT2D eigenvalue weighted by atomic mass is 35.5. The standard InChI is InChI=1S/C23H18ClN3O5/c1-3-31-21-11-16(27(29)30)9-15(22(21)28)12-25-18-10-14(5-6-17(18)24)23-26-19-8-13(2)4-7-20(19)32-23/h4-12,28H,3H2,1-2H3. The maximum Gasteiger partial charge on any atom is 0.274 e. The minimum atomic E-state index is -0.568. The maximum absolute atomic E-state index is 11.2. The molecular formula is C23H18ClN3O5. The molecule has 1 N–H and O–H groups in total. The number of hydrogen-bond acceptors (Lipinski definition) is 7. The van der Waals surface area contributed by atoms with Gasteiger partial charge >= 0.3 is 0 Å². The van der Waals surface area contributed by atoms with Gasteiger partial charge in [0.25, 0.3) is 5.69 Å². The highest BCUT2D eigenvalue weighted by Crippen LogP contribution is 2.36. The van der Waals surface area contributed by atoms with Crippen molar-refractivity contribution in [3.63, 3.8) is 0 Å². The highest BCUT2D eigenvalue weighted by Gasteiger charge is 2.17. The molecule has 32 heavy (non-hydrogen) atoms. The van der Waals surface area contributed by atoms with Crippen molar-refractivity contribution < 1.29 is 19.2 Å². The molecule has 0 spiro atoms. The summed E-state index contributed by atoms with van der Waals surface area (Å²) in [7, 11) is 0. The van der Waals surface area contributed by atoms with Crippen LogP contribution in [0, 0.1) is 17.0 Å². The molecule has 0 bridgehead atoms. The zero-order valence-electron chi connectivity index (χ0n) is 17.2. The Labute approximate surface area is 187 Å². The normalized spacial score (nSPS) is 11.3. The average Bonchev–Trinajstić information content (AvgIpc) is 3.18. The number of ether oxygens (including phenoxy) is 1. The number of rotatable bonds is 6. The number of phenolic OH excluding ortho intramolecular Hbond substituents is 1. The van der Waals surface area contributed by atoms with Gasteiger partial charge in [-0.2, -0.15) is 0 Å². The van der Waals surface area contributed by atoms with E-state index in [0.29, 0.717) is 27.7 Å². The number of nitro groups is 1. The molecule has 1 heterocycles. The molecule has 4 rings (SSSR count). The number of phenols is 1. The van der Waals surface area contributed by atoms with E-state index in [1.165, 1.54) is 18.3 Å². The Morgan fingerprint density at radius 1 is 1.25 bits per heavy atom. The molecule has 4 aromatic rings. The monoisotopic (exact) mass is 451 g/mol. The van der Waals surface area contributed by atoms with Crippen LogP contribution in [0.5, 0.6) is 11.5 Å². The lowest BCUT2D eigenvalue weighted by atomic mass is 10.1. The third-order valence-corrected chi connectivity index (χ3v) is 5.00. The minimum Gasteiger partial charge on any atom is -0.504 e. The third kappa shape index (κ3) is 4.26. The van der Waals surface area contributed by atoms with Crippen molar-refractivity contribution in [2.24, 2.45) is 4.99 Å². The fourth-order valence-corrected chi connectivity index (χ4v) is 3.29. The molecule has 162 valence electrons. The second kappa shape index (κ2) is 8.68. The Hall–Kier alpha value is -3.91. The number of non-ortho nitro benzene ring substituents is 1. The number of nitrogens with zero attached hydrogens (tertiary/aromatic N) is 3. The van der Waals surface area contributed by atoms with Gasteiger partial charge in [0.2, 0.25) is 5.89 Å². The van der Waals surface area contributed by atoms with Crippen LogP contribution in [0.15, 0.2) is 57.9 Å². The molecule has 0 saturated carbocycles. The van der Waals surface area contributed by atoms with Crippen LogP contribution in [0.2, 0.25) is 5.02 Å². The average molecular weight is 452 g/mol. The number of benzene rings is 3. The predicted molar refractivity (Wildman–Crippen MR) is 122 cm³/mol. The Morgan fingerprint density at radius 3 is 2.81 bits per heavy atom. The number of aromatic hydroxyl groups is 1. The van der Waals surface area contributed by atoms with Crippen molar-refractivity contribution in [2.45, 2.75) is 13.8 Å². The van der Waals surface area contributed by atoms with E-state index in [9.17, 15) is 15.2 Å². The van der Waals surface area contributed by atoms with E-state index in [0.717, 1.165) is 11.1 Å². The molecule has 0 saturated heterocycles. The van der Waals surface area contributed by atoms with Gasteiger partial charge in [0.1, 0.15) is 5.52 Å². The summed E-state index contributed by atoms with van der Waals surface area (Å²) in [4.78, 5) is 19.5. The van der Waals surface area contributed by atoms with Crippen LogP contribution in [-0.2, 0) is 0 Å². The zero-order valence-corrected chi connectivity index (χ0v) is 18.0. The first-order chi connectivity index (χ1) is 15.4. The second-order valence-corrected chi connectivity index (χ2v) is 7.39. The van der Waals surface area contributed by atoms with Crippen LogP contribution in [0.4, 0.5) is 11.4 Å². The van der Waals surface area contributed by atoms with Crippen molar-refractivity contribution in [1.82, 2.24) is 4.98 Å². The smallest absolute Gasteiger partial charge is 0.274 e. The molecule has 0 fully saturated rings.